The van der Waals surface area contributed by atoms with E-state index in [4.69, 9.17) is 9.47 Å². The van der Waals surface area contributed by atoms with E-state index >= 15 is 0 Å². The third kappa shape index (κ3) is 6.52. The number of amides is 2. The van der Waals surface area contributed by atoms with E-state index in [0.29, 0.717) is 38.5 Å². The zero-order valence-corrected chi connectivity index (χ0v) is 18.8. The minimum absolute atomic E-state index is 0.00141. The molecule has 2 aromatic rings. The second-order valence-corrected chi connectivity index (χ2v) is 8.42. The lowest BCUT2D eigenvalue weighted by Gasteiger charge is -2.35. The van der Waals surface area contributed by atoms with Crippen LogP contribution in [-0.4, -0.2) is 64.9 Å². The number of hydrogen-bond acceptors (Lipinski definition) is 7. The molecule has 0 aliphatic carbocycles. The molecule has 0 radical (unpaired) electrons. The highest BCUT2D eigenvalue weighted by atomic mass is 32.1. The second kappa shape index (κ2) is 10.4. The maximum atomic E-state index is 12.5. The number of aryl methyl sites for hydroxylation is 1. The van der Waals surface area contributed by atoms with Crippen LogP contribution >= 0.6 is 11.3 Å². The average molecular weight is 446 g/mol. The third-order valence-electron chi connectivity index (χ3n) is 5.00. The summed E-state index contributed by atoms with van der Waals surface area (Å²) in [6, 6.07) is 7.76. The van der Waals surface area contributed by atoms with Crippen LogP contribution in [0.1, 0.15) is 30.1 Å². The summed E-state index contributed by atoms with van der Waals surface area (Å²) in [6.07, 6.45) is -0.879. The molecule has 166 valence electrons. The van der Waals surface area contributed by atoms with E-state index in [2.05, 4.69) is 4.98 Å². The van der Waals surface area contributed by atoms with Gasteiger partial charge in [-0.15, -0.1) is 11.3 Å². The predicted octanol–water partition coefficient (Wildman–Crippen LogP) is 2.20. The number of carbonyl (C=O) groups excluding carboxylic acids is 3. The number of nitrogens with zero attached hydrogens (tertiary/aromatic N) is 3. The van der Waals surface area contributed by atoms with Gasteiger partial charge in [-0.1, -0.05) is 17.7 Å². The number of carbonyl (C=O) groups is 3. The van der Waals surface area contributed by atoms with Crippen molar-refractivity contribution in [3.05, 3.63) is 45.9 Å². The monoisotopic (exact) mass is 445 g/mol. The molecule has 2 amide bonds. The summed E-state index contributed by atoms with van der Waals surface area (Å²) in [6.45, 7) is 7.29. The second-order valence-electron chi connectivity index (χ2n) is 7.47. The molecule has 9 heteroatoms. The van der Waals surface area contributed by atoms with Crippen LogP contribution in [0.15, 0.2) is 29.6 Å². The SMILES string of the molecule is CC(=O)N1CCN(C(=O)C(C)OC(=O)Cc2csc(COc3ccc(C)cc3)n2)CC1. The molecule has 1 saturated heterocycles. The third-order valence-corrected chi connectivity index (χ3v) is 5.87. The van der Waals surface area contributed by atoms with E-state index in [9.17, 15) is 14.4 Å². The Hall–Kier alpha value is -2.94. The van der Waals surface area contributed by atoms with E-state index in [1.54, 1.807) is 22.1 Å². The van der Waals surface area contributed by atoms with Crippen LogP contribution in [0.4, 0.5) is 0 Å². The molecular weight excluding hydrogens is 418 g/mol. The Morgan fingerprint density at radius 2 is 1.74 bits per heavy atom. The molecule has 1 aliphatic rings. The molecule has 3 rings (SSSR count). The van der Waals surface area contributed by atoms with Gasteiger partial charge in [-0.05, 0) is 26.0 Å². The standard InChI is InChI=1S/C22H27N3O5S/c1-15-4-6-19(7-5-15)29-13-20-23-18(14-31-20)12-21(27)30-16(2)22(28)25-10-8-24(9-11-25)17(3)26/h4-7,14,16H,8-13H2,1-3H3. The number of thiazole rings is 1. The summed E-state index contributed by atoms with van der Waals surface area (Å²) in [4.78, 5) is 43.9. The Balaban J connectivity index is 1.43. The van der Waals surface area contributed by atoms with E-state index in [1.165, 1.54) is 18.3 Å². The highest BCUT2D eigenvalue weighted by Crippen LogP contribution is 2.17. The number of ether oxygens (including phenoxy) is 2. The summed E-state index contributed by atoms with van der Waals surface area (Å²) >= 11 is 1.41. The number of hydrogen-bond donors (Lipinski definition) is 0. The Bertz CT molecular complexity index is 919. The summed E-state index contributed by atoms with van der Waals surface area (Å²) < 4.78 is 11.0. The van der Waals surface area contributed by atoms with E-state index < -0.39 is 12.1 Å². The molecule has 1 unspecified atom stereocenters. The quantitative estimate of drug-likeness (QED) is 0.607. The molecule has 0 saturated carbocycles. The van der Waals surface area contributed by atoms with Crippen molar-refractivity contribution in [1.82, 2.24) is 14.8 Å². The van der Waals surface area contributed by atoms with Crippen LogP contribution in [0.2, 0.25) is 0 Å². The van der Waals surface area contributed by atoms with Crippen LogP contribution < -0.4 is 4.74 Å². The minimum atomic E-state index is -0.876. The van der Waals surface area contributed by atoms with Crippen LogP contribution in [0, 0.1) is 6.92 Å². The van der Waals surface area contributed by atoms with Gasteiger partial charge in [-0.25, -0.2) is 4.98 Å². The lowest BCUT2D eigenvalue weighted by atomic mass is 10.2. The largest absolute Gasteiger partial charge is 0.486 e. The van der Waals surface area contributed by atoms with Gasteiger partial charge in [0.05, 0.1) is 12.1 Å². The average Bonchev–Trinajstić information content (AvgIpc) is 3.19. The Kier molecular flexibility index (Phi) is 7.62. The number of piperazine rings is 1. The molecule has 0 N–H and O–H groups in total. The van der Waals surface area contributed by atoms with Crippen molar-refractivity contribution in [2.75, 3.05) is 26.2 Å². The predicted molar refractivity (Wildman–Crippen MR) is 116 cm³/mol. The minimum Gasteiger partial charge on any atom is -0.486 e. The first-order valence-corrected chi connectivity index (χ1v) is 11.1. The fourth-order valence-electron chi connectivity index (χ4n) is 3.21. The number of rotatable bonds is 7. The first-order valence-electron chi connectivity index (χ1n) is 10.2. The van der Waals surface area contributed by atoms with E-state index in [1.807, 2.05) is 31.2 Å². The Morgan fingerprint density at radius 3 is 2.39 bits per heavy atom. The molecule has 1 atom stereocenters. The Morgan fingerprint density at radius 1 is 1.10 bits per heavy atom. The first-order chi connectivity index (χ1) is 14.8. The van der Waals surface area contributed by atoms with Gasteiger partial charge in [0.25, 0.3) is 5.91 Å². The summed E-state index contributed by atoms with van der Waals surface area (Å²) in [5.74, 6) is 0.0123. The number of aromatic nitrogens is 1. The molecule has 1 aliphatic heterocycles. The van der Waals surface area contributed by atoms with Gasteiger partial charge in [0.15, 0.2) is 6.10 Å². The molecule has 31 heavy (non-hydrogen) atoms. The molecule has 0 spiro atoms. The maximum Gasteiger partial charge on any atom is 0.312 e. The smallest absolute Gasteiger partial charge is 0.312 e. The van der Waals surface area contributed by atoms with Gasteiger partial charge in [0, 0.05) is 38.5 Å². The summed E-state index contributed by atoms with van der Waals surface area (Å²) in [5, 5.41) is 2.55. The van der Waals surface area contributed by atoms with Gasteiger partial charge < -0.3 is 19.3 Å². The molecule has 8 nitrogen and oxygen atoms in total. The lowest BCUT2D eigenvalue weighted by Crippen LogP contribution is -2.52. The summed E-state index contributed by atoms with van der Waals surface area (Å²) in [7, 11) is 0. The molecular formula is C22H27N3O5S. The van der Waals surface area contributed by atoms with Gasteiger partial charge in [-0.2, -0.15) is 0 Å². The van der Waals surface area contributed by atoms with Crippen molar-refractivity contribution in [2.24, 2.45) is 0 Å². The van der Waals surface area contributed by atoms with Crippen molar-refractivity contribution in [1.29, 1.82) is 0 Å². The molecule has 0 bridgehead atoms. The van der Waals surface area contributed by atoms with Crippen LogP contribution in [0.25, 0.3) is 0 Å². The fourth-order valence-corrected chi connectivity index (χ4v) is 3.92. The van der Waals surface area contributed by atoms with Gasteiger partial charge in [-0.3, -0.25) is 14.4 Å². The van der Waals surface area contributed by atoms with E-state index in [0.717, 1.165) is 16.3 Å². The number of esters is 1. The fraction of sp³-hybridized carbons (Fsp3) is 0.455. The van der Waals surface area contributed by atoms with Gasteiger partial charge >= 0.3 is 5.97 Å². The van der Waals surface area contributed by atoms with Crippen molar-refractivity contribution >= 4 is 29.1 Å². The molecule has 1 fully saturated rings. The normalized spacial score (nSPS) is 14.8. The van der Waals surface area contributed by atoms with Crippen LogP contribution in [-0.2, 0) is 32.1 Å². The van der Waals surface area contributed by atoms with Crippen molar-refractivity contribution in [3.8, 4) is 5.75 Å². The van der Waals surface area contributed by atoms with Crippen LogP contribution in [0.5, 0.6) is 5.75 Å². The molecule has 1 aromatic heterocycles. The highest BCUT2D eigenvalue weighted by molar-refractivity contribution is 7.09. The zero-order valence-electron chi connectivity index (χ0n) is 18.0. The van der Waals surface area contributed by atoms with Crippen molar-refractivity contribution in [2.45, 2.75) is 39.9 Å². The van der Waals surface area contributed by atoms with Crippen LogP contribution in [0.3, 0.4) is 0 Å². The van der Waals surface area contributed by atoms with Crippen molar-refractivity contribution < 1.29 is 23.9 Å². The van der Waals surface area contributed by atoms with E-state index in [-0.39, 0.29) is 18.2 Å². The van der Waals surface area contributed by atoms with Gasteiger partial charge in [0.1, 0.15) is 17.4 Å². The lowest BCUT2D eigenvalue weighted by molar-refractivity contribution is -0.159. The maximum absolute atomic E-state index is 12.5. The highest BCUT2D eigenvalue weighted by Gasteiger charge is 2.28. The van der Waals surface area contributed by atoms with Crippen molar-refractivity contribution in [3.63, 3.8) is 0 Å². The number of benzene rings is 1. The Labute approximate surface area is 185 Å². The summed E-state index contributed by atoms with van der Waals surface area (Å²) in [5.41, 5.74) is 1.75. The topological polar surface area (TPSA) is 89.0 Å². The molecule has 1 aromatic carbocycles. The first kappa shape index (κ1) is 22.7. The van der Waals surface area contributed by atoms with Gasteiger partial charge in [0.2, 0.25) is 5.91 Å². The zero-order chi connectivity index (χ0) is 22.4. The molecule has 2 heterocycles.